The molecule has 0 bridgehead atoms. The molecule has 0 saturated carbocycles. The minimum atomic E-state index is -0.209. The van der Waals surface area contributed by atoms with Crippen LogP contribution in [0.5, 0.6) is 0 Å². The third kappa shape index (κ3) is 3.13. The van der Waals surface area contributed by atoms with Crippen LogP contribution in [0.2, 0.25) is 0 Å². The van der Waals surface area contributed by atoms with Gasteiger partial charge in [-0.15, -0.1) is 0 Å². The zero-order valence-corrected chi connectivity index (χ0v) is 12.0. The van der Waals surface area contributed by atoms with Crippen molar-refractivity contribution in [1.82, 2.24) is 15.6 Å². The second-order valence-electron chi connectivity index (χ2n) is 5.33. The molecule has 1 aromatic carbocycles. The topological polar surface area (TPSA) is 67.2 Å². The summed E-state index contributed by atoms with van der Waals surface area (Å²) in [7, 11) is 0. The van der Waals surface area contributed by atoms with Gasteiger partial charge in [-0.25, -0.2) is 4.98 Å². The molecule has 1 aliphatic heterocycles. The molecular formula is C16H19N3O2. The largest absolute Gasteiger partial charge is 0.446 e. The Morgan fingerprint density at radius 1 is 1.43 bits per heavy atom. The van der Waals surface area contributed by atoms with Gasteiger partial charge >= 0.3 is 0 Å². The number of hydrogen-bond donors (Lipinski definition) is 2. The Morgan fingerprint density at radius 3 is 2.95 bits per heavy atom. The summed E-state index contributed by atoms with van der Waals surface area (Å²) in [4.78, 5) is 16.5. The van der Waals surface area contributed by atoms with E-state index in [-0.39, 0.29) is 18.0 Å². The van der Waals surface area contributed by atoms with Gasteiger partial charge in [-0.05, 0) is 31.9 Å². The van der Waals surface area contributed by atoms with E-state index in [1.807, 2.05) is 37.3 Å². The highest BCUT2D eigenvalue weighted by Gasteiger charge is 2.23. The smallest absolute Gasteiger partial charge is 0.273 e. The van der Waals surface area contributed by atoms with Crippen LogP contribution in [-0.2, 0) is 0 Å². The van der Waals surface area contributed by atoms with Gasteiger partial charge < -0.3 is 15.1 Å². The molecule has 1 fully saturated rings. The molecule has 2 heterocycles. The third-order valence-corrected chi connectivity index (χ3v) is 3.76. The second-order valence-corrected chi connectivity index (χ2v) is 5.33. The van der Waals surface area contributed by atoms with Crippen molar-refractivity contribution in [2.24, 2.45) is 0 Å². The number of hydrogen-bond acceptors (Lipinski definition) is 4. The van der Waals surface area contributed by atoms with Gasteiger partial charge in [0.15, 0.2) is 5.69 Å². The van der Waals surface area contributed by atoms with Crippen LogP contribution in [-0.4, -0.2) is 17.4 Å². The summed E-state index contributed by atoms with van der Waals surface area (Å²) in [5.74, 6) is 0.393. The lowest BCUT2D eigenvalue weighted by molar-refractivity contribution is 0.0934. The maximum Gasteiger partial charge on any atom is 0.273 e. The number of amides is 1. The number of benzene rings is 1. The van der Waals surface area contributed by atoms with Crippen LogP contribution in [0.15, 0.2) is 41.0 Å². The first-order chi connectivity index (χ1) is 10.2. The van der Waals surface area contributed by atoms with E-state index < -0.39 is 0 Å². The molecule has 2 aromatic rings. The normalized spacial score (nSPS) is 19.4. The van der Waals surface area contributed by atoms with Crippen LogP contribution < -0.4 is 10.6 Å². The minimum Gasteiger partial charge on any atom is -0.446 e. The molecule has 5 nitrogen and oxygen atoms in total. The van der Waals surface area contributed by atoms with Gasteiger partial charge in [-0.3, -0.25) is 4.79 Å². The fourth-order valence-electron chi connectivity index (χ4n) is 2.54. The van der Waals surface area contributed by atoms with Crippen molar-refractivity contribution in [3.63, 3.8) is 0 Å². The lowest BCUT2D eigenvalue weighted by atomic mass is 10.1. The molecule has 1 aliphatic rings. The maximum atomic E-state index is 12.2. The highest BCUT2D eigenvalue weighted by molar-refractivity contribution is 5.92. The van der Waals surface area contributed by atoms with Crippen LogP contribution in [0.1, 0.15) is 53.8 Å². The number of carbonyl (C=O) groups excluding carboxylic acids is 1. The second kappa shape index (κ2) is 6.10. The molecule has 0 aliphatic carbocycles. The van der Waals surface area contributed by atoms with Gasteiger partial charge in [0.1, 0.15) is 6.26 Å². The van der Waals surface area contributed by atoms with Crippen molar-refractivity contribution in [2.75, 3.05) is 6.54 Å². The molecule has 21 heavy (non-hydrogen) atoms. The van der Waals surface area contributed by atoms with Crippen LogP contribution in [0.3, 0.4) is 0 Å². The van der Waals surface area contributed by atoms with Crippen molar-refractivity contribution in [2.45, 2.75) is 31.8 Å². The zero-order valence-electron chi connectivity index (χ0n) is 12.0. The Morgan fingerprint density at radius 2 is 2.24 bits per heavy atom. The highest BCUT2D eigenvalue weighted by Crippen LogP contribution is 2.22. The molecule has 0 spiro atoms. The maximum absolute atomic E-state index is 12.2. The van der Waals surface area contributed by atoms with Crippen molar-refractivity contribution < 1.29 is 9.21 Å². The van der Waals surface area contributed by atoms with E-state index in [2.05, 4.69) is 15.6 Å². The average molecular weight is 285 g/mol. The molecular weight excluding hydrogens is 266 g/mol. The first kappa shape index (κ1) is 13.8. The summed E-state index contributed by atoms with van der Waals surface area (Å²) in [6.07, 6.45) is 3.55. The molecule has 0 radical (unpaired) electrons. The Hall–Kier alpha value is -2.14. The van der Waals surface area contributed by atoms with Crippen molar-refractivity contribution in [1.29, 1.82) is 0 Å². The van der Waals surface area contributed by atoms with E-state index in [1.165, 1.54) is 6.26 Å². The van der Waals surface area contributed by atoms with Gasteiger partial charge in [0.05, 0.1) is 12.1 Å². The van der Waals surface area contributed by atoms with E-state index in [0.717, 1.165) is 24.9 Å². The molecule has 2 atom stereocenters. The van der Waals surface area contributed by atoms with Gasteiger partial charge in [-0.1, -0.05) is 30.3 Å². The lowest BCUT2D eigenvalue weighted by Crippen LogP contribution is -2.27. The van der Waals surface area contributed by atoms with E-state index in [4.69, 9.17) is 4.42 Å². The van der Waals surface area contributed by atoms with E-state index in [0.29, 0.717) is 11.6 Å². The van der Waals surface area contributed by atoms with E-state index in [1.54, 1.807) is 0 Å². The Kier molecular flexibility index (Phi) is 4.01. The lowest BCUT2D eigenvalue weighted by Gasteiger charge is -2.12. The summed E-state index contributed by atoms with van der Waals surface area (Å²) in [6.45, 7) is 2.92. The molecule has 3 rings (SSSR count). The number of aromatic nitrogens is 1. The summed E-state index contributed by atoms with van der Waals surface area (Å²) in [6, 6.07) is 9.91. The molecule has 2 N–H and O–H groups in total. The number of nitrogens with zero attached hydrogens (tertiary/aromatic N) is 1. The average Bonchev–Trinajstić information content (AvgIpc) is 3.19. The predicted octanol–water partition coefficient (Wildman–Crippen LogP) is 2.59. The van der Waals surface area contributed by atoms with E-state index >= 15 is 0 Å². The summed E-state index contributed by atoms with van der Waals surface area (Å²) in [5, 5.41) is 6.24. The fraction of sp³-hybridized carbons (Fsp3) is 0.375. The van der Waals surface area contributed by atoms with Crippen LogP contribution >= 0.6 is 0 Å². The van der Waals surface area contributed by atoms with Gasteiger partial charge in [0.2, 0.25) is 5.89 Å². The van der Waals surface area contributed by atoms with Crippen LogP contribution in [0.25, 0.3) is 0 Å². The monoisotopic (exact) mass is 285 g/mol. The minimum absolute atomic E-state index is 0.0662. The predicted molar refractivity (Wildman–Crippen MR) is 78.8 cm³/mol. The third-order valence-electron chi connectivity index (χ3n) is 3.76. The summed E-state index contributed by atoms with van der Waals surface area (Å²) < 4.78 is 5.42. The molecule has 2 unspecified atom stereocenters. The number of nitrogens with one attached hydrogen (secondary N) is 2. The van der Waals surface area contributed by atoms with Gasteiger partial charge in [0.25, 0.3) is 5.91 Å². The highest BCUT2D eigenvalue weighted by atomic mass is 16.3. The number of rotatable bonds is 4. The number of carbonyl (C=O) groups is 1. The fourth-order valence-corrected chi connectivity index (χ4v) is 2.54. The zero-order chi connectivity index (χ0) is 14.7. The first-order valence-corrected chi connectivity index (χ1v) is 7.28. The quantitative estimate of drug-likeness (QED) is 0.906. The van der Waals surface area contributed by atoms with Crippen molar-refractivity contribution in [3.8, 4) is 0 Å². The van der Waals surface area contributed by atoms with E-state index in [9.17, 15) is 4.79 Å². The molecule has 5 heteroatoms. The van der Waals surface area contributed by atoms with Gasteiger partial charge in [-0.2, -0.15) is 0 Å². The summed E-state index contributed by atoms with van der Waals surface area (Å²) >= 11 is 0. The standard InChI is InChI=1S/C16H19N3O2/c1-11(12-6-3-2-4-7-12)18-15(20)14-10-21-16(19-14)13-8-5-9-17-13/h2-4,6-7,10-11,13,17H,5,8-9H2,1H3,(H,18,20). The molecule has 1 aromatic heterocycles. The SMILES string of the molecule is CC(NC(=O)c1coc(C2CCCN2)n1)c1ccccc1. The summed E-state index contributed by atoms with van der Waals surface area (Å²) in [5.41, 5.74) is 1.40. The van der Waals surface area contributed by atoms with Crippen LogP contribution in [0.4, 0.5) is 0 Å². The Bertz CT molecular complexity index is 603. The Balaban J connectivity index is 1.65. The number of oxazole rings is 1. The Labute approximate surface area is 123 Å². The van der Waals surface area contributed by atoms with Crippen LogP contribution in [0, 0.1) is 0 Å². The van der Waals surface area contributed by atoms with Crippen molar-refractivity contribution in [3.05, 3.63) is 53.7 Å². The van der Waals surface area contributed by atoms with Crippen molar-refractivity contribution >= 4 is 5.91 Å². The molecule has 110 valence electrons. The molecule has 1 saturated heterocycles. The van der Waals surface area contributed by atoms with Gasteiger partial charge in [0, 0.05) is 0 Å². The molecule has 1 amide bonds. The first-order valence-electron chi connectivity index (χ1n) is 7.28.